The molecule has 0 saturated carbocycles. The number of allylic oxidation sites excluding steroid dienone is 4. The number of hydrogen-bond acceptors (Lipinski definition) is 15. The molecule has 20 N–H and O–H groups in total. The fourth-order valence-electron chi connectivity index (χ4n) is 8.91. The highest BCUT2D eigenvalue weighted by Gasteiger charge is 2.35. The number of carboxylic acids is 1. The van der Waals surface area contributed by atoms with Gasteiger partial charge in [0.05, 0.1) is 12.0 Å². The Labute approximate surface area is 522 Å². The van der Waals surface area contributed by atoms with Gasteiger partial charge in [0.2, 0.25) is 53.2 Å². The van der Waals surface area contributed by atoms with Crippen molar-refractivity contribution in [3.63, 3.8) is 0 Å². The van der Waals surface area contributed by atoms with Gasteiger partial charge in [0.15, 0.2) is 5.96 Å². The zero-order chi connectivity index (χ0) is 66.9. The minimum absolute atomic E-state index is 0.0117. The van der Waals surface area contributed by atoms with Gasteiger partial charge in [-0.3, -0.25) is 52.9 Å². The van der Waals surface area contributed by atoms with E-state index in [1.807, 2.05) is 26.0 Å². The van der Waals surface area contributed by atoms with Crippen LogP contribution in [0, 0.1) is 11.8 Å². The monoisotopic (exact) mass is 1250 g/mol. The van der Waals surface area contributed by atoms with Crippen molar-refractivity contribution in [1.82, 2.24) is 58.5 Å². The van der Waals surface area contributed by atoms with Crippen molar-refractivity contribution in [2.75, 3.05) is 33.2 Å². The number of urea groups is 1. The SMILES string of the molecule is C=C1/C=C\C=C/CNC=C1C[C@H](NC(=O)[C@H](CCCNC(N)=NC)NC(=O)[C@@H](/C=C/CNC(=O)[C@H](Cc1ccccc1)NC(=O)[C@@H](NC(=O)[C@H](CNC(N)=O)NC(=O)[C@H](CCC(=O)O)NC(=O)[C@@H](Cc1ccc(O)cc1)NC(C)=O)[C@@H](C)O)CC(C)C)C(N)=O. The molecule has 11 amide bonds. The molecule has 2 aromatic rings. The molecule has 1 aliphatic rings. The van der Waals surface area contributed by atoms with Gasteiger partial charge in [-0.1, -0.05) is 99.3 Å². The molecule has 9 atom stereocenters. The average molecular weight is 1250 g/mol. The molecule has 0 fully saturated rings. The maximum absolute atomic E-state index is 14.2. The maximum atomic E-state index is 14.2. The molecule has 0 unspecified atom stereocenters. The first kappa shape index (κ1) is 74.2. The maximum Gasteiger partial charge on any atom is 0.312 e. The van der Waals surface area contributed by atoms with Gasteiger partial charge in [-0.15, -0.1) is 0 Å². The van der Waals surface area contributed by atoms with E-state index in [-0.39, 0.29) is 56.4 Å². The van der Waals surface area contributed by atoms with Gasteiger partial charge in [0.25, 0.3) is 0 Å². The lowest BCUT2D eigenvalue weighted by molar-refractivity contribution is -0.138. The van der Waals surface area contributed by atoms with Crippen molar-refractivity contribution in [3.05, 3.63) is 126 Å². The van der Waals surface area contributed by atoms with E-state index in [1.54, 1.807) is 54.8 Å². The molecule has 0 radical (unpaired) electrons. The smallest absolute Gasteiger partial charge is 0.312 e. The number of hydrogen-bond donors (Lipinski definition) is 17. The number of aliphatic hydroxyl groups excluding tert-OH is 1. The number of phenols is 1. The quantitative estimate of drug-likeness (QED) is 0.0155. The number of amides is 11. The van der Waals surface area contributed by atoms with E-state index in [4.69, 9.17) is 17.2 Å². The second-order valence-corrected chi connectivity index (χ2v) is 21.6. The zero-order valence-corrected chi connectivity index (χ0v) is 51.2. The summed E-state index contributed by atoms with van der Waals surface area (Å²) < 4.78 is 0. The number of nitrogens with zero attached hydrogens (tertiary/aromatic N) is 1. The van der Waals surface area contributed by atoms with Crippen molar-refractivity contribution in [3.8, 4) is 5.75 Å². The van der Waals surface area contributed by atoms with Gasteiger partial charge in [0, 0.05) is 72.0 Å². The van der Waals surface area contributed by atoms with Crippen molar-refractivity contribution in [1.29, 1.82) is 0 Å². The number of guanidine groups is 1. The average Bonchev–Trinajstić information content (AvgIpc) is 1.81. The summed E-state index contributed by atoms with van der Waals surface area (Å²) in [5.74, 6) is -9.97. The van der Waals surface area contributed by atoms with Crippen LogP contribution < -0.4 is 75.7 Å². The number of aliphatic imine (C=N–C) groups is 1. The van der Waals surface area contributed by atoms with E-state index in [9.17, 15) is 68.1 Å². The van der Waals surface area contributed by atoms with Crippen LogP contribution in [0.5, 0.6) is 5.75 Å². The molecule has 1 aliphatic heterocycles. The number of carboxylic acid groups (broad SMARTS) is 1. The first-order valence-corrected chi connectivity index (χ1v) is 29.2. The zero-order valence-electron chi connectivity index (χ0n) is 51.2. The van der Waals surface area contributed by atoms with Crippen LogP contribution in [0.4, 0.5) is 4.79 Å². The number of phenolic OH excluding ortho intramolecular Hbond substituents is 1. The van der Waals surface area contributed by atoms with E-state index in [0.717, 1.165) is 13.8 Å². The summed E-state index contributed by atoms with van der Waals surface area (Å²) in [5, 5.41) is 58.7. The van der Waals surface area contributed by atoms with Gasteiger partial charge < -0.3 is 91.0 Å². The molecule has 490 valence electrons. The molecule has 0 spiro atoms. The van der Waals surface area contributed by atoms with E-state index in [0.29, 0.717) is 41.7 Å². The van der Waals surface area contributed by atoms with Crippen LogP contribution in [0.1, 0.15) is 77.3 Å². The summed E-state index contributed by atoms with van der Waals surface area (Å²) in [5.41, 5.74) is 19.2. The Balaban J connectivity index is 1.86. The minimum atomic E-state index is -1.85. The first-order chi connectivity index (χ1) is 42.7. The molecule has 0 aromatic heterocycles. The largest absolute Gasteiger partial charge is 0.508 e. The van der Waals surface area contributed by atoms with Gasteiger partial charge >= 0.3 is 12.0 Å². The van der Waals surface area contributed by atoms with Crippen molar-refractivity contribution < 1.29 is 68.1 Å². The number of nitrogens with two attached hydrogens (primary N) is 3. The molecule has 0 saturated heterocycles. The van der Waals surface area contributed by atoms with E-state index in [2.05, 4.69) is 70.1 Å². The number of rotatable bonds is 36. The molecule has 29 nitrogen and oxygen atoms in total. The number of primary amides is 2. The lowest BCUT2D eigenvalue weighted by Crippen LogP contribution is -2.63. The van der Waals surface area contributed by atoms with Crippen LogP contribution in [0.15, 0.2) is 120 Å². The molecule has 2 aromatic carbocycles. The van der Waals surface area contributed by atoms with Crippen LogP contribution in [-0.4, -0.2) is 168 Å². The second-order valence-electron chi connectivity index (χ2n) is 21.6. The molecule has 0 bridgehead atoms. The van der Waals surface area contributed by atoms with Crippen LogP contribution >= 0.6 is 0 Å². The van der Waals surface area contributed by atoms with Crippen molar-refractivity contribution in [2.45, 2.75) is 127 Å². The predicted octanol–water partition coefficient (Wildman–Crippen LogP) is -1.82. The predicted molar refractivity (Wildman–Crippen MR) is 334 cm³/mol. The normalized spacial score (nSPS) is 16.0. The Kier molecular flexibility index (Phi) is 32.1. The Morgan fingerprint density at radius 2 is 1.24 bits per heavy atom. The molecular formula is C61H87N15O14. The lowest BCUT2D eigenvalue weighted by atomic mass is 9.95. The second kappa shape index (κ2) is 39.0. The number of carbonyl (C=O) groups is 11. The summed E-state index contributed by atoms with van der Waals surface area (Å²) in [7, 11) is 1.50. The Morgan fingerprint density at radius 1 is 0.667 bits per heavy atom. The number of benzene rings is 2. The minimum Gasteiger partial charge on any atom is -0.508 e. The van der Waals surface area contributed by atoms with Gasteiger partial charge in [-0.05, 0) is 72.9 Å². The van der Waals surface area contributed by atoms with Gasteiger partial charge in [-0.25, -0.2) is 4.79 Å². The van der Waals surface area contributed by atoms with E-state index >= 15 is 0 Å². The fourth-order valence-corrected chi connectivity index (χ4v) is 8.91. The van der Waals surface area contributed by atoms with Crippen molar-refractivity contribution in [2.24, 2.45) is 34.0 Å². The highest BCUT2D eigenvalue weighted by Crippen LogP contribution is 2.19. The summed E-state index contributed by atoms with van der Waals surface area (Å²) in [6.45, 7) is 9.98. The van der Waals surface area contributed by atoms with Crippen LogP contribution in [-0.2, 0) is 60.8 Å². The lowest BCUT2D eigenvalue weighted by Gasteiger charge is -2.28. The van der Waals surface area contributed by atoms with E-state index in [1.165, 1.54) is 37.4 Å². The van der Waals surface area contributed by atoms with Gasteiger partial charge in [0.1, 0.15) is 48.0 Å². The van der Waals surface area contributed by atoms with Gasteiger partial charge in [-0.2, -0.15) is 0 Å². The van der Waals surface area contributed by atoms with Crippen LogP contribution in [0.2, 0.25) is 0 Å². The Morgan fingerprint density at radius 3 is 1.84 bits per heavy atom. The Bertz CT molecular complexity index is 2970. The molecule has 0 aliphatic carbocycles. The number of nitrogens with one attached hydrogen (secondary N) is 11. The molecule has 90 heavy (non-hydrogen) atoms. The molecule has 29 heteroatoms. The Hall–Kier alpha value is -10.1. The number of carbonyl (C=O) groups excluding carboxylic acids is 10. The summed E-state index contributed by atoms with van der Waals surface area (Å²) >= 11 is 0. The number of aromatic hydroxyl groups is 1. The fraction of sp³-hybridized carbons (Fsp3) is 0.443. The number of aliphatic carboxylic acids is 1. The summed E-state index contributed by atoms with van der Waals surface area (Å²) in [4.78, 5) is 151. The highest BCUT2D eigenvalue weighted by molar-refractivity contribution is 5.97. The number of aliphatic hydroxyl groups is 1. The molecule has 3 rings (SSSR count). The standard InChI is InChI=1S/C61H87N15O14/c1-35(2)29-41(53(83)71-44(19-14-28-68-60(63)65-6)55(85)73-46(52(62)82)32-42-33-66-26-12-8-9-15-36(42)3)18-13-27-67-54(84)47(30-39-16-10-7-11-17-39)74-59(89)51(37(4)77)76-58(88)49(34-69-61(64)90)75-56(86)45(24-25-50(80)81)72-57(87)48(70-38(5)78)31-40-20-22-43(79)23-21-40/h7-13,15-18,20-23,33,35,37,41,44-49,51,66,77,79H,3,14,19,24-32,34H2,1-2,4-6H3,(H2,62,82)(H,67,84)(H,70,78)(H,71,83)(H,72,87)(H,73,85)(H,74,89)(H,75,86)(H,76,88)(H,80,81)(H3,63,65,68)(H3,64,69,90)/b12-8-,15-9-,18-13+,42-33?/t37-,41+,44+,45+,46+,47+,48-,49+,51+/m1/s1. The molecular weight excluding hydrogens is 1170 g/mol. The highest BCUT2D eigenvalue weighted by atomic mass is 16.4. The first-order valence-electron chi connectivity index (χ1n) is 29.2. The van der Waals surface area contributed by atoms with Crippen molar-refractivity contribution >= 4 is 71.1 Å². The third-order valence-corrected chi connectivity index (χ3v) is 13.7. The van der Waals surface area contributed by atoms with E-state index < -0.39 is 139 Å². The summed E-state index contributed by atoms with van der Waals surface area (Å²) in [6, 6.07) is 2.61. The third kappa shape index (κ3) is 28.2. The summed E-state index contributed by atoms with van der Waals surface area (Å²) in [6.07, 6.45) is 9.56. The molecule has 1 heterocycles. The van der Waals surface area contributed by atoms with Crippen LogP contribution in [0.25, 0.3) is 0 Å². The topological polar surface area (TPSA) is 471 Å². The third-order valence-electron chi connectivity index (χ3n) is 13.7. The van der Waals surface area contributed by atoms with Crippen LogP contribution in [0.3, 0.4) is 0 Å².